The SMILES string of the molecule is CN(Cc1ccccc1)C[C@@H](c1ccccc1)[C@@H]1O[C@H]1c1ccccc1. The fourth-order valence-electron chi connectivity index (χ4n) is 3.74. The predicted octanol–water partition coefficient (Wildman–Crippen LogP) is 5.04. The molecule has 2 heteroatoms. The van der Waals surface area contributed by atoms with Crippen molar-refractivity contribution >= 4 is 0 Å². The van der Waals surface area contributed by atoms with Crippen molar-refractivity contribution < 1.29 is 4.74 Å². The van der Waals surface area contributed by atoms with Crippen LogP contribution < -0.4 is 0 Å². The Morgan fingerprint density at radius 2 is 1.38 bits per heavy atom. The molecule has 0 bridgehead atoms. The van der Waals surface area contributed by atoms with Crippen molar-refractivity contribution in [1.29, 1.82) is 0 Å². The lowest BCUT2D eigenvalue weighted by atomic mass is 9.91. The van der Waals surface area contributed by atoms with Crippen LogP contribution in [0, 0.1) is 0 Å². The quantitative estimate of drug-likeness (QED) is 0.558. The molecule has 1 saturated heterocycles. The average Bonchev–Trinajstić information content (AvgIpc) is 3.49. The van der Waals surface area contributed by atoms with Crippen LogP contribution in [0.5, 0.6) is 0 Å². The van der Waals surface area contributed by atoms with Gasteiger partial charge in [0.15, 0.2) is 0 Å². The van der Waals surface area contributed by atoms with Gasteiger partial charge in [0.2, 0.25) is 0 Å². The summed E-state index contributed by atoms with van der Waals surface area (Å²) in [6.45, 7) is 1.93. The summed E-state index contributed by atoms with van der Waals surface area (Å²) in [6.07, 6.45) is 0.463. The van der Waals surface area contributed by atoms with Crippen LogP contribution >= 0.6 is 0 Å². The second kappa shape index (κ2) is 7.86. The number of nitrogens with zero attached hydrogens (tertiary/aromatic N) is 1. The summed E-state index contributed by atoms with van der Waals surface area (Å²) in [7, 11) is 2.20. The fraction of sp³-hybridized carbons (Fsp3) is 0.250. The highest BCUT2D eigenvalue weighted by molar-refractivity contribution is 5.29. The Morgan fingerprint density at radius 3 is 2.04 bits per heavy atom. The van der Waals surface area contributed by atoms with Gasteiger partial charge in [-0.1, -0.05) is 91.0 Å². The maximum absolute atomic E-state index is 6.14. The summed E-state index contributed by atoms with van der Waals surface area (Å²) in [5.74, 6) is 0.370. The van der Waals surface area contributed by atoms with Gasteiger partial charge in [0.25, 0.3) is 0 Å². The zero-order valence-electron chi connectivity index (χ0n) is 15.2. The van der Waals surface area contributed by atoms with E-state index in [2.05, 4.69) is 103 Å². The van der Waals surface area contributed by atoms with Crippen LogP contribution in [0.4, 0.5) is 0 Å². The van der Waals surface area contributed by atoms with Crippen molar-refractivity contribution in [3.8, 4) is 0 Å². The van der Waals surface area contributed by atoms with Crippen molar-refractivity contribution in [2.45, 2.75) is 24.7 Å². The van der Waals surface area contributed by atoms with Gasteiger partial charge in [-0.2, -0.15) is 0 Å². The molecule has 0 aromatic heterocycles. The predicted molar refractivity (Wildman–Crippen MR) is 106 cm³/mol. The number of benzene rings is 3. The van der Waals surface area contributed by atoms with Crippen LogP contribution in [-0.2, 0) is 11.3 Å². The number of epoxide rings is 1. The van der Waals surface area contributed by atoms with Gasteiger partial charge in [-0.15, -0.1) is 0 Å². The zero-order valence-corrected chi connectivity index (χ0v) is 15.2. The fourth-order valence-corrected chi connectivity index (χ4v) is 3.74. The molecule has 3 aromatic carbocycles. The van der Waals surface area contributed by atoms with E-state index in [0.29, 0.717) is 5.92 Å². The van der Waals surface area contributed by atoms with Crippen LogP contribution in [0.15, 0.2) is 91.0 Å². The number of hydrogen-bond donors (Lipinski definition) is 0. The molecule has 132 valence electrons. The molecule has 3 atom stereocenters. The minimum absolute atomic E-state index is 0.214. The summed E-state index contributed by atoms with van der Waals surface area (Å²) < 4.78 is 6.14. The third-order valence-corrected chi connectivity index (χ3v) is 5.08. The largest absolute Gasteiger partial charge is 0.364 e. The molecule has 2 nitrogen and oxygen atoms in total. The Morgan fingerprint density at radius 1 is 0.808 bits per heavy atom. The van der Waals surface area contributed by atoms with Gasteiger partial charge in [-0.25, -0.2) is 0 Å². The van der Waals surface area contributed by atoms with E-state index in [1.54, 1.807) is 0 Å². The molecule has 1 heterocycles. The van der Waals surface area contributed by atoms with Gasteiger partial charge in [-0.05, 0) is 23.7 Å². The summed E-state index contributed by atoms with van der Waals surface area (Å²) in [4.78, 5) is 2.40. The van der Waals surface area contributed by atoms with Crippen molar-refractivity contribution in [2.75, 3.05) is 13.6 Å². The van der Waals surface area contributed by atoms with E-state index in [0.717, 1.165) is 13.1 Å². The van der Waals surface area contributed by atoms with Gasteiger partial charge in [-0.3, -0.25) is 0 Å². The second-order valence-corrected chi connectivity index (χ2v) is 7.13. The minimum atomic E-state index is 0.214. The van der Waals surface area contributed by atoms with Gasteiger partial charge in [0.05, 0.1) is 6.10 Å². The topological polar surface area (TPSA) is 15.8 Å². The molecule has 1 aliphatic rings. The highest BCUT2D eigenvalue weighted by atomic mass is 16.6. The van der Waals surface area contributed by atoms with E-state index < -0.39 is 0 Å². The number of ether oxygens (including phenoxy) is 1. The average molecular weight is 343 g/mol. The first-order chi connectivity index (χ1) is 12.8. The van der Waals surface area contributed by atoms with E-state index in [-0.39, 0.29) is 12.2 Å². The zero-order chi connectivity index (χ0) is 17.8. The second-order valence-electron chi connectivity index (χ2n) is 7.13. The molecule has 0 saturated carbocycles. The third kappa shape index (κ3) is 4.04. The van der Waals surface area contributed by atoms with Gasteiger partial charge in [0.1, 0.15) is 6.10 Å². The molecule has 4 rings (SSSR count). The maximum atomic E-state index is 6.14. The van der Waals surface area contributed by atoms with Crippen LogP contribution in [0.1, 0.15) is 28.7 Å². The number of hydrogen-bond acceptors (Lipinski definition) is 2. The molecule has 3 aromatic rings. The summed E-state index contributed by atoms with van der Waals surface area (Å²) in [6, 6.07) is 32.0. The molecule has 0 radical (unpaired) electrons. The molecular formula is C24H25NO. The van der Waals surface area contributed by atoms with Crippen LogP contribution in [0.25, 0.3) is 0 Å². The Kier molecular flexibility index (Phi) is 5.14. The molecule has 1 aliphatic heterocycles. The Labute approximate surface area is 156 Å². The maximum Gasteiger partial charge on any atom is 0.110 e. The molecule has 0 aliphatic carbocycles. The van der Waals surface area contributed by atoms with E-state index in [4.69, 9.17) is 4.74 Å². The third-order valence-electron chi connectivity index (χ3n) is 5.08. The van der Waals surface area contributed by atoms with Gasteiger partial charge >= 0.3 is 0 Å². The Balaban J connectivity index is 1.49. The summed E-state index contributed by atoms with van der Waals surface area (Å²) in [5.41, 5.74) is 3.98. The molecule has 1 fully saturated rings. The standard InChI is InChI=1S/C24H25NO/c1-25(17-19-11-5-2-6-12-19)18-22(20-13-7-3-8-14-20)24-23(26-24)21-15-9-4-10-16-21/h2-16,22-24H,17-18H2,1H3/t22-,23-,24-/m0/s1. The molecule has 0 spiro atoms. The highest BCUT2D eigenvalue weighted by Crippen LogP contribution is 2.47. The van der Waals surface area contributed by atoms with Crippen molar-refractivity contribution in [3.05, 3.63) is 108 Å². The monoisotopic (exact) mass is 343 g/mol. The van der Waals surface area contributed by atoms with E-state index >= 15 is 0 Å². The molecule has 0 N–H and O–H groups in total. The van der Waals surface area contributed by atoms with Crippen molar-refractivity contribution in [2.24, 2.45) is 0 Å². The van der Waals surface area contributed by atoms with Gasteiger partial charge in [0, 0.05) is 19.0 Å². The Bertz CT molecular complexity index is 803. The molecular weight excluding hydrogens is 318 g/mol. The lowest BCUT2D eigenvalue weighted by molar-refractivity contribution is 0.267. The van der Waals surface area contributed by atoms with E-state index in [1.807, 2.05) is 0 Å². The summed E-state index contributed by atoms with van der Waals surface area (Å²) >= 11 is 0. The molecule has 0 unspecified atom stereocenters. The van der Waals surface area contributed by atoms with Gasteiger partial charge < -0.3 is 9.64 Å². The normalized spacial score (nSPS) is 20.1. The first-order valence-electron chi connectivity index (χ1n) is 9.29. The molecule has 26 heavy (non-hydrogen) atoms. The highest BCUT2D eigenvalue weighted by Gasteiger charge is 2.46. The number of likely N-dealkylation sites (N-methyl/N-ethyl adjacent to an activating group) is 1. The lowest BCUT2D eigenvalue weighted by Crippen LogP contribution is -2.27. The van der Waals surface area contributed by atoms with Crippen LogP contribution in [0.2, 0.25) is 0 Å². The summed E-state index contributed by atoms with van der Waals surface area (Å²) in [5, 5.41) is 0. The smallest absolute Gasteiger partial charge is 0.110 e. The van der Waals surface area contributed by atoms with E-state index in [1.165, 1.54) is 16.7 Å². The molecule has 0 amide bonds. The first kappa shape index (κ1) is 17.0. The lowest BCUT2D eigenvalue weighted by Gasteiger charge is -2.23. The minimum Gasteiger partial charge on any atom is -0.364 e. The van der Waals surface area contributed by atoms with E-state index in [9.17, 15) is 0 Å². The first-order valence-corrected chi connectivity index (χ1v) is 9.29. The Hall–Kier alpha value is -2.42. The number of rotatable bonds is 7. The van der Waals surface area contributed by atoms with Crippen LogP contribution in [0.3, 0.4) is 0 Å². The van der Waals surface area contributed by atoms with Crippen LogP contribution in [-0.4, -0.2) is 24.6 Å². The van der Waals surface area contributed by atoms with Crippen molar-refractivity contribution in [1.82, 2.24) is 4.90 Å². The van der Waals surface area contributed by atoms with Crippen molar-refractivity contribution in [3.63, 3.8) is 0 Å².